The first kappa shape index (κ1) is 13.3. The fourth-order valence-corrected chi connectivity index (χ4v) is 0.898. The second-order valence-corrected chi connectivity index (χ2v) is 2.15. The van der Waals surface area contributed by atoms with E-state index < -0.39 is 8.69 Å². The smallest absolute Gasteiger partial charge is 0.772 e. The summed E-state index contributed by atoms with van der Waals surface area (Å²) in [6, 6.07) is 0. The molecular formula is C6H11O2PZn. The van der Waals surface area contributed by atoms with Crippen LogP contribution in [0.1, 0.15) is 32.1 Å². The van der Waals surface area contributed by atoms with E-state index in [-0.39, 0.29) is 19.5 Å². The van der Waals surface area contributed by atoms with Gasteiger partial charge in [-0.05, 0) is 0 Å². The van der Waals surface area contributed by atoms with Gasteiger partial charge in [0.25, 0.3) is 0 Å². The molecule has 0 aromatic carbocycles. The molecule has 0 aromatic heterocycles. The van der Waals surface area contributed by atoms with E-state index in [1.54, 1.807) is 0 Å². The first-order chi connectivity index (χ1) is 4.41. The Morgan fingerprint density at radius 2 is 1.60 bits per heavy atom. The van der Waals surface area contributed by atoms with Gasteiger partial charge in [-0.15, -0.1) is 0 Å². The van der Waals surface area contributed by atoms with Crippen LogP contribution in [0, 0.1) is 6.42 Å². The summed E-state index contributed by atoms with van der Waals surface area (Å²) < 4.78 is 8.35. The molecule has 0 aromatic rings. The summed E-state index contributed by atoms with van der Waals surface area (Å²) in [5, 5.41) is 0. The fourth-order valence-electron chi connectivity index (χ4n) is 0.898. The summed E-state index contributed by atoms with van der Waals surface area (Å²) in [6.45, 7) is 0. The minimum atomic E-state index is -1.08. The van der Waals surface area contributed by atoms with Crippen LogP contribution in [-0.2, 0) is 24.0 Å². The molecule has 54 valence electrons. The maximum Gasteiger partial charge on any atom is 2.00 e. The van der Waals surface area contributed by atoms with Gasteiger partial charge < -0.3 is 11.3 Å². The van der Waals surface area contributed by atoms with Crippen molar-refractivity contribution in [2.24, 2.45) is 0 Å². The van der Waals surface area contributed by atoms with Crippen molar-refractivity contribution in [1.29, 1.82) is 0 Å². The van der Waals surface area contributed by atoms with E-state index in [0.717, 1.165) is 0 Å². The largest absolute Gasteiger partial charge is 2.00 e. The molecule has 2 nitrogen and oxygen atoms in total. The van der Waals surface area contributed by atoms with Crippen molar-refractivity contribution >= 4 is 8.69 Å². The first-order valence-corrected chi connectivity index (χ1v) is 3.91. The topological polar surface area (TPSA) is 40.1 Å². The van der Waals surface area contributed by atoms with Crippen LogP contribution in [-0.4, -0.2) is 0 Å². The Hall–Kier alpha value is 0.683. The summed E-state index contributed by atoms with van der Waals surface area (Å²) >= 11 is 0. The van der Waals surface area contributed by atoms with Gasteiger partial charge in [-0.25, -0.2) is 0 Å². The summed E-state index contributed by atoms with van der Waals surface area (Å²) in [4.78, 5) is 8.35. The Kier molecular flexibility index (Phi) is 16.4. The van der Waals surface area contributed by atoms with Crippen LogP contribution in [0.15, 0.2) is 0 Å². The van der Waals surface area contributed by atoms with E-state index >= 15 is 0 Å². The molecule has 0 N–H and O–H groups in total. The zero-order valence-corrected chi connectivity index (χ0v) is 9.95. The minimum Gasteiger partial charge on any atom is -0.772 e. The van der Waals surface area contributed by atoms with Gasteiger partial charge in [-0.1, -0.05) is 19.3 Å². The van der Waals surface area contributed by atoms with Crippen molar-refractivity contribution in [2.75, 3.05) is 0 Å². The molecule has 0 amide bonds. The van der Waals surface area contributed by atoms with Gasteiger partial charge in [0.15, 0.2) is 0 Å². The monoisotopic (exact) mass is 210 g/mol. The predicted molar refractivity (Wildman–Crippen MR) is 35.0 cm³/mol. The van der Waals surface area contributed by atoms with Crippen molar-refractivity contribution < 1.29 is 28.9 Å². The van der Waals surface area contributed by atoms with Gasteiger partial charge in [-0.2, -0.15) is 12.8 Å². The van der Waals surface area contributed by atoms with E-state index in [1.165, 1.54) is 32.1 Å². The minimum absolute atomic E-state index is 0. The molecule has 0 heterocycles. The van der Waals surface area contributed by atoms with E-state index in [1.807, 2.05) is 0 Å². The van der Waals surface area contributed by atoms with Gasteiger partial charge in [0.2, 0.25) is 0 Å². The van der Waals surface area contributed by atoms with Crippen LogP contribution in [0.4, 0.5) is 0 Å². The molecular weight excluding hydrogens is 200 g/mol. The molecule has 0 radical (unpaired) electrons. The summed E-state index contributed by atoms with van der Waals surface area (Å²) in [5.74, 6) is 0. The fraction of sp³-hybridized carbons (Fsp3) is 0.833. The van der Waals surface area contributed by atoms with Crippen molar-refractivity contribution in [3.63, 3.8) is 0 Å². The molecule has 0 spiro atoms. The SMILES string of the molecule is O=P[O-].[CH-]1CCCCC1.[Zn+2]. The maximum atomic E-state index is 8.35. The second-order valence-electron chi connectivity index (χ2n) is 2.00. The maximum absolute atomic E-state index is 8.35. The Balaban J connectivity index is 0. The predicted octanol–water partition coefficient (Wildman–Crippen LogP) is 1.71. The van der Waals surface area contributed by atoms with Crippen LogP contribution in [0.3, 0.4) is 0 Å². The molecule has 0 atom stereocenters. The third-order valence-electron chi connectivity index (χ3n) is 1.32. The van der Waals surface area contributed by atoms with Crippen molar-refractivity contribution in [3.8, 4) is 0 Å². The van der Waals surface area contributed by atoms with E-state index in [9.17, 15) is 0 Å². The van der Waals surface area contributed by atoms with Crippen LogP contribution in [0.5, 0.6) is 0 Å². The average molecular weight is 212 g/mol. The molecule has 1 fully saturated rings. The van der Waals surface area contributed by atoms with Gasteiger partial charge in [0, 0.05) is 0 Å². The quantitative estimate of drug-likeness (QED) is 0.348. The normalized spacial score (nSPS) is 16.5. The number of hydrogen-bond donors (Lipinski definition) is 0. The molecule has 1 saturated carbocycles. The molecule has 1 aliphatic carbocycles. The average Bonchev–Trinajstić information content (AvgIpc) is 1.93. The van der Waals surface area contributed by atoms with Gasteiger partial charge in [-0.3, -0.25) is 4.57 Å². The zero-order valence-electron chi connectivity index (χ0n) is 6.08. The van der Waals surface area contributed by atoms with Crippen LogP contribution in [0.2, 0.25) is 0 Å². The Morgan fingerprint density at radius 1 is 1.20 bits per heavy atom. The molecule has 0 bridgehead atoms. The van der Waals surface area contributed by atoms with E-state index in [2.05, 4.69) is 6.42 Å². The van der Waals surface area contributed by atoms with Crippen LogP contribution < -0.4 is 4.89 Å². The van der Waals surface area contributed by atoms with Crippen molar-refractivity contribution in [3.05, 3.63) is 6.42 Å². The molecule has 4 heteroatoms. The summed E-state index contributed by atoms with van der Waals surface area (Å²) in [5.41, 5.74) is 0. The molecule has 1 rings (SSSR count). The van der Waals surface area contributed by atoms with Gasteiger partial charge >= 0.3 is 19.5 Å². The van der Waals surface area contributed by atoms with Crippen LogP contribution in [0.25, 0.3) is 0 Å². The Bertz CT molecular complexity index is 55.3. The number of rotatable bonds is 0. The van der Waals surface area contributed by atoms with E-state index in [0.29, 0.717) is 0 Å². The Labute approximate surface area is 76.4 Å². The van der Waals surface area contributed by atoms with Gasteiger partial charge in [0.05, 0.1) is 8.69 Å². The summed E-state index contributed by atoms with van der Waals surface area (Å²) in [6.07, 6.45) is 9.50. The molecule has 0 saturated heterocycles. The number of hydrogen-bond acceptors (Lipinski definition) is 2. The standard InChI is InChI=1S/C6H11.HO2P.Zn/c1-2-4-6-5-3-1;1-3-2;/h1H,2-6H2;(H,1,2);/q-1;;+2/p-1. The third kappa shape index (κ3) is 11.5. The van der Waals surface area contributed by atoms with Gasteiger partial charge in [0.1, 0.15) is 0 Å². The molecule has 1 aliphatic rings. The Morgan fingerprint density at radius 3 is 1.70 bits per heavy atom. The summed E-state index contributed by atoms with van der Waals surface area (Å²) in [7, 11) is -1.08. The van der Waals surface area contributed by atoms with Crippen molar-refractivity contribution in [2.45, 2.75) is 32.1 Å². The second kappa shape index (κ2) is 12.4. The molecule has 0 aliphatic heterocycles. The van der Waals surface area contributed by atoms with E-state index in [4.69, 9.17) is 9.46 Å². The van der Waals surface area contributed by atoms with Crippen LogP contribution >= 0.6 is 8.69 Å². The first-order valence-electron chi connectivity index (χ1n) is 3.18. The molecule has 0 unspecified atom stereocenters. The van der Waals surface area contributed by atoms with Crippen molar-refractivity contribution in [1.82, 2.24) is 0 Å². The zero-order chi connectivity index (χ0) is 6.95. The molecule has 10 heavy (non-hydrogen) atoms. The third-order valence-corrected chi connectivity index (χ3v) is 1.32.